The van der Waals surface area contributed by atoms with Crippen LogP contribution in [0.5, 0.6) is 0 Å². The Labute approximate surface area is 147 Å². The summed E-state index contributed by atoms with van der Waals surface area (Å²) in [7, 11) is 0. The molecule has 0 saturated heterocycles. The molecule has 0 aliphatic rings. The number of nitrogens with one attached hydrogen (secondary N) is 2. The van der Waals surface area contributed by atoms with Crippen molar-refractivity contribution in [3.63, 3.8) is 0 Å². The highest BCUT2D eigenvalue weighted by atomic mass is 16.1. The average molecular weight is 332 g/mol. The van der Waals surface area contributed by atoms with E-state index in [1.807, 2.05) is 57.2 Å². The monoisotopic (exact) mass is 332 g/mol. The molecule has 0 aliphatic heterocycles. The zero-order valence-electron chi connectivity index (χ0n) is 14.5. The smallest absolute Gasteiger partial charge is 0.275 e. The molecule has 5 nitrogen and oxygen atoms in total. The van der Waals surface area contributed by atoms with Crippen molar-refractivity contribution in [3.05, 3.63) is 77.2 Å². The molecule has 0 radical (unpaired) electrons. The molecule has 5 heteroatoms. The number of carbonyl (C=O) groups is 1. The molecular weight excluding hydrogens is 312 g/mol. The summed E-state index contributed by atoms with van der Waals surface area (Å²) < 4.78 is 0. The van der Waals surface area contributed by atoms with E-state index < -0.39 is 0 Å². The number of amides is 1. The van der Waals surface area contributed by atoms with Crippen molar-refractivity contribution in [1.29, 1.82) is 0 Å². The summed E-state index contributed by atoms with van der Waals surface area (Å²) in [5.74, 6) is 0.317. The summed E-state index contributed by atoms with van der Waals surface area (Å²) in [6.45, 7) is 6.03. The topological polar surface area (TPSA) is 66.9 Å². The Morgan fingerprint density at radius 2 is 1.64 bits per heavy atom. The van der Waals surface area contributed by atoms with Gasteiger partial charge in [-0.2, -0.15) is 0 Å². The number of anilines is 3. The third-order valence-corrected chi connectivity index (χ3v) is 3.77. The van der Waals surface area contributed by atoms with Crippen LogP contribution in [0.15, 0.2) is 54.9 Å². The average Bonchev–Trinajstić information content (AvgIpc) is 2.56. The van der Waals surface area contributed by atoms with Crippen molar-refractivity contribution in [2.24, 2.45) is 0 Å². The summed E-state index contributed by atoms with van der Waals surface area (Å²) in [5.41, 5.74) is 5.33. The van der Waals surface area contributed by atoms with Crippen LogP contribution < -0.4 is 10.6 Å². The molecule has 0 atom stereocenters. The SMILES string of the molecule is Cc1cc(C)cc(Nc2cnc(C(=O)Nc3ccccc3C)cn2)c1. The van der Waals surface area contributed by atoms with Crippen LogP contribution in [-0.4, -0.2) is 15.9 Å². The number of nitrogens with zero attached hydrogens (tertiary/aromatic N) is 2. The summed E-state index contributed by atoms with van der Waals surface area (Å²) in [6.07, 6.45) is 3.03. The zero-order chi connectivity index (χ0) is 17.8. The number of rotatable bonds is 4. The van der Waals surface area contributed by atoms with Gasteiger partial charge in [-0.15, -0.1) is 0 Å². The maximum Gasteiger partial charge on any atom is 0.275 e. The standard InChI is InChI=1S/C20H20N4O/c1-13-8-14(2)10-16(9-13)23-19-12-21-18(11-22-19)20(25)24-17-7-5-4-6-15(17)3/h4-12H,1-3H3,(H,22,23)(H,24,25). The quantitative estimate of drug-likeness (QED) is 0.743. The van der Waals surface area contributed by atoms with Crippen molar-refractivity contribution in [2.75, 3.05) is 10.6 Å². The Bertz CT molecular complexity index is 884. The minimum atomic E-state index is -0.278. The molecule has 0 unspecified atom stereocenters. The number of hydrogen-bond donors (Lipinski definition) is 2. The molecule has 0 fully saturated rings. The largest absolute Gasteiger partial charge is 0.339 e. The molecule has 1 amide bonds. The Hall–Kier alpha value is -3.21. The summed E-state index contributed by atoms with van der Waals surface area (Å²) in [4.78, 5) is 20.8. The van der Waals surface area contributed by atoms with E-state index in [9.17, 15) is 4.79 Å². The van der Waals surface area contributed by atoms with Crippen LogP contribution in [0.1, 0.15) is 27.2 Å². The predicted molar refractivity (Wildman–Crippen MR) is 100 cm³/mol. The maximum atomic E-state index is 12.3. The van der Waals surface area contributed by atoms with Gasteiger partial charge in [0.25, 0.3) is 5.91 Å². The Morgan fingerprint density at radius 1 is 0.920 bits per heavy atom. The van der Waals surface area contributed by atoms with E-state index in [0.29, 0.717) is 5.82 Å². The van der Waals surface area contributed by atoms with Crippen LogP contribution in [0.25, 0.3) is 0 Å². The van der Waals surface area contributed by atoms with E-state index >= 15 is 0 Å². The first-order valence-corrected chi connectivity index (χ1v) is 8.05. The molecule has 0 saturated carbocycles. The zero-order valence-corrected chi connectivity index (χ0v) is 14.5. The van der Waals surface area contributed by atoms with Gasteiger partial charge < -0.3 is 10.6 Å². The van der Waals surface area contributed by atoms with Crippen molar-refractivity contribution in [2.45, 2.75) is 20.8 Å². The molecule has 3 rings (SSSR count). The molecule has 1 heterocycles. The fourth-order valence-corrected chi connectivity index (χ4v) is 2.60. The molecule has 0 aliphatic carbocycles. The predicted octanol–water partition coefficient (Wildman–Crippen LogP) is 4.40. The van der Waals surface area contributed by atoms with Crippen LogP contribution in [0, 0.1) is 20.8 Å². The van der Waals surface area contributed by atoms with Gasteiger partial charge in [-0.1, -0.05) is 24.3 Å². The van der Waals surface area contributed by atoms with E-state index in [1.165, 1.54) is 17.3 Å². The van der Waals surface area contributed by atoms with Gasteiger partial charge in [0.05, 0.1) is 12.4 Å². The van der Waals surface area contributed by atoms with Crippen molar-refractivity contribution in [1.82, 2.24) is 9.97 Å². The molecule has 1 aromatic heterocycles. The number of aromatic nitrogens is 2. The molecule has 0 spiro atoms. The van der Waals surface area contributed by atoms with E-state index in [-0.39, 0.29) is 11.6 Å². The third-order valence-electron chi connectivity index (χ3n) is 3.77. The molecule has 126 valence electrons. The van der Waals surface area contributed by atoms with Crippen LogP contribution in [-0.2, 0) is 0 Å². The van der Waals surface area contributed by atoms with Crippen molar-refractivity contribution < 1.29 is 4.79 Å². The highest BCUT2D eigenvalue weighted by Gasteiger charge is 2.10. The van der Waals surface area contributed by atoms with Gasteiger partial charge in [-0.3, -0.25) is 4.79 Å². The molecular formula is C20H20N4O. The lowest BCUT2D eigenvalue weighted by molar-refractivity contribution is 0.102. The van der Waals surface area contributed by atoms with Crippen LogP contribution in [0.3, 0.4) is 0 Å². The van der Waals surface area contributed by atoms with Gasteiger partial charge in [0, 0.05) is 11.4 Å². The van der Waals surface area contributed by atoms with E-state index in [1.54, 1.807) is 6.20 Å². The fraction of sp³-hybridized carbons (Fsp3) is 0.150. The first kappa shape index (κ1) is 16.6. The van der Waals surface area contributed by atoms with Crippen molar-refractivity contribution >= 4 is 23.1 Å². The summed E-state index contributed by atoms with van der Waals surface area (Å²) >= 11 is 0. The minimum Gasteiger partial charge on any atom is -0.339 e. The highest BCUT2D eigenvalue weighted by molar-refractivity contribution is 6.03. The summed E-state index contributed by atoms with van der Waals surface area (Å²) in [5, 5.41) is 6.05. The van der Waals surface area contributed by atoms with Gasteiger partial charge in [0.15, 0.2) is 0 Å². The van der Waals surface area contributed by atoms with E-state index in [4.69, 9.17) is 0 Å². The number of carbonyl (C=O) groups excluding carboxylic acids is 1. The second-order valence-electron chi connectivity index (χ2n) is 6.06. The van der Waals surface area contributed by atoms with Crippen LogP contribution in [0.2, 0.25) is 0 Å². The van der Waals surface area contributed by atoms with Crippen LogP contribution >= 0.6 is 0 Å². The molecule has 2 aromatic carbocycles. The lowest BCUT2D eigenvalue weighted by atomic mass is 10.1. The fourth-order valence-electron chi connectivity index (χ4n) is 2.60. The summed E-state index contributed by atoms with van der Waals surface area (Å²) in [6, 6.07) is 13.8. The normalized spacial score (nSPS) is 10.4. The molecule has 25 heavy (non-hydrogen) atoms. The van der Waals surface area contributed by atoms with Gasteiger partial charge in [-0.05, 0) is 55.7 Å². The maximum absolute atomic E-state index is 12.3. The highest BCUT2D eigenvalue weighted by Crippen LogP contribution is 2.18. The van der Waals surface area contributed by atoms with E-state index in [2.05, 4.69) is 26.7 Å². The van der Waals surface area contributed by atoms with Crippen molar-refractivity contribution in [3.8, 4) is 0 Å². The number of hydrogen-bond acceptors (Lipinski definition) is 4. The van der Waals surface area contributed by atoms with Crippen LogP contribution in [0.4, 0.5) is 17.2 Å². The molecule has 3 aromatic rings. The second-order valence-corrected chi connectivity index (χ2v) is 6.06. The molecule has 2 N–H and O–H groups in total. The minimum absolute atomic E-state index is 0.272. The second kappa shape index (κ2) is 7.13. The lowest BCUT2D eigenvalue weighted by Crippen LogP contribution is -2.15. The van der Waals surface area contributed by atoms with Gasteiger partial charge in [0.1, 0.15) is 11.5 Å². The third kappa shape index (κ3) is 4.20. The number of aryl methyl sites for hydroxylation is 3. The number of benzene rings is 2. The first-order chi connectivity index (χ1) is 12.0. The number of para-hydroxylation sites is 1. The first-order valence-electron chi connectivity index (χ1n) is 8.05. The molecule has 0 bridgehead atoms. The van der Waals surface area contributed by atoms with E-state index in [0.717, 1.165) is 16.9 Å². The lowest BCUT2D eigenvalue weighted by Gasteiger charge is -2.09. The van der Waals surface area contributed by atoms with Gasteiger partial charge >= 0.3 is 0 Å². The van der Waals surface area contributed by atoms with Gasteiger partial charge in [-0.25, -0.2) is 9.97 Å². The Kier molecular flexibility index (Phi) is 4.75. The Balaban J connectivity index is 1.71. The Morgan fingerprint density at radius 3 is 2.28 bits per heavy atom. The van der Waals surface area contributed by atoms with Gasteiger partial charge in [0.2, 0.25) is 0 Å².